The molecule has 3 aliphatic rings. The van der Waals surface area contributed by atoms with E-state index < -0.39 is 27.5 Å². The summed E-state index contributed by atoms with van der Waals surface area (Å²) in [5.74, 6) is -2.09. The number of aromatic nitrogens is 2. The molecule has 1 aliphatic heterocycles. The van der Waals surface area contributed by atoms with Gasteiger partial charge >= 0.3 is 0 Å². The number of hydrogen-bond acceptors (Lipinski definition) is 5. The maximum atomic E-state index is 13.7. The highest BCUT2D eigenvalue weighted by Crippen LogP contribution is 2.38. The van der Waals surface area contributed by atoms with Gasteiger partial charge in [0.05, 0.1) is 29.5 Å². The number of imidazole rings is 1. The van der Waals surface area contributed by atoms with Gasteiger partial charge in [0.15, 0.2) is 11.2 Å². The second-order valence-corrected chi connectivity index (χ2v) is 13.3. The number of hydrogen-bond donors (Lipinski definition) is 1. The number of amides is 1. The van der Waals surface area contributed by atoms with Gasteiger partial charge in [-0.3, -0.25) is 4.79 Å². The van der Waals surface area contributed by atoms with E-state index in [1.807, 2.05) is 18.4 Å². The van der Waals surface area contributed by atoms with Crippen molar-refractivity contribution in [1.82, 2.24) is 19.2 Å². The second kappa shape index (κ2) is 9.50. The van der Waals surface area contributed by atoms with E-state index in [4.69, 9.17) is 9.72 Å². The van der Waals surface area contributed by atoms with Gasteiger partial charge in [-0.2, -0.15) is 4.31 Å². The number of halogens is 2. The number of alkyl halides is 2. The third kappa shape index (κ3) is 5.63. The Bertz CT molecular complexity index is 1270. The van der Waals surface area contributed by atoms with Crippen LogP contribution < -0.4 is 5.32 Å². The summed E-state index contributed by atoms with van der Waals surface area (Å²) in [6.45, 7) is 8.87. The van der Waals surface area contributed by atoms with E-state index >= 15 is 0 Å². The van der Waals surface area contributed by atoms with Gasteiger partial charge < -0.3 is 14.6 Å². The van der Waals surface area contributed by atoms with Gasteiger partial charge in [0, 0.05) is 38.5 Å². The number of fused-ring (bicyclic) bond motifs is 1. The topological polar surface area (TPSA) is 93.5 Å². The molecule has 1 aromatic heterocycles. The largest absolute Gasteiger partial charge is 0.366 e. The summed E-state index contributed by atoms with van der Waals surface area (Å²) < 4.78 is 63.3. The molecule has 0 radical (unpaired) electrons. The summed E-state index contributed by atoms with van der Waals surface area (Å²) in [5.41, 5.74) is 0.708. The number of carbonyl (C=O) groups excluding carboxylic acids is 1. The van der Waals surface area contributed by atoms with Crippen LogP contribution in [0.25, 0.3) is 11.0 Å². The van der Waals surface area contributed by atoms with Gasteiger partial charge in [0.2, 0.25) is 15.9 Å². The van der Waals surface area contributed by atoms with Gasteiger partial charge in [-0.25, -0.2) is 22.2 Å². The van der Waals surface area contributed by atoms with Gasteiger partial charge in [0.25, 0.3) is 5.91 Å². The summed E-state index contributed by atoms with van der Waals surface area (Å²) in [7, 11) is -3.89. The number of carbonyl (C=O) groups is 1. The number of nitrogens with one attached hydrogen (secondary N) is 1. The molecule has 0 bridgehead atoms. The molecule has 8 nitrogen and oxygen atoms in total. The van der Waals surface area contributed by atoms with Crippen molar-refractivity contribution in [3.63, 3.8) is 0 Å². The third-order valence-electron chi connectivity index (χ3n) is 7.49. The van der Waals surface area contributed by atoms with Crippen molar-refractivity contribution in [1.29, 1.82) is 0 Å². The molecule has 37 heavy (non-hydrogen) atoms. The van der Waals surface area contributed by atoms with E-state index in [-0.39, 0.29) is 55.3 Å². The molecule has 1 aromatic carbocycles. The van der Waals surface area contributed by atoms with E-state index in [1.165, 1.54) is 4.31 Å². The first kappa shape index (κ1) is 26.4. The highest BCUT2D eigenvalue weighted by atomic mass is 32.2. The molecule has 1 amide bonds. The number of benzene rings is 1. The predicted octanol–water partition coefficient (Wildman–Crippen LogP) is 3.64. The molecule has 2 saturated carbocycles. The van der Waals surface area contributed by atoms with Gasteiger partial charge in [-0.05, 0) is 63.6 Å². The van der Waals surface area contributed by atoms with Crippen LogP contribution in [-0.2, 0) is 31.5 Å². The van der Waals surface area contributed by atoms with Crippen molar-refractivity contribution >= 4 is 27.0 Å². The van der Waals surface area contributed by atoms with E-state index in [0.29, 0.717) is 30.7 Å². The molecule has 3 fully saturated rings. The lowest BCUT2D eigenvalue weighted by molar-refractivity contribution is -0.136. The minimum atomic E-state index is -3.89. The first-order valence-electron chi connectivity index (χ1n) is 13.0. The average molecular weight is 538 g/mol. The lowest BCUT2D eigenvalue weighted by Crippen LogP contribution is -2.51. The minimum absolute atomic E-state index is 0.0448. The zero-order valence-electron chi connectivity index (χ0n) is 21.4. The molecule has 1 N–H and O–H groups in total. The summed E-state index contributed by atoms with van der Waals surface area (Å²) in [5, 5.41) is 2.87. The van der Waals surface area contributed by atoms with Crippen LogP contribution in [0.1, 0.15) is 58.2 Å². The van der Waals surface area contributed by atoms with Crippen LogP contribution >= 0.6 is 0 Å². The summed E-state index contributed by atoms with van der Waals surface area (Å²) in [6, 6.07) is 5.01. The van der Waals surface area contributed by atoms with Crippen LogP contribution in [-0.4, -0.2) is 65.9 Å². The van der Waals surface area contributed by atoms with Crippen molar-refractivity contribution < 1.29 is 26.7 Å². The maximum Gasteiger partial charge on any atom is 0.250 e. The van der Waals surface area contributed by atoms with Crippen molar-refractivity contribution in [2.24, 2.45) is 5.92 Å². The fourth-order valence-electron chi connectivity index (χ4n) is 5.19. The SMILES string of the molecule is [CH2+]C(C)(C)c1nc2cc(S(=O)(=O)N3CCO[C@H](C(=O)NC4CC4)C3)ccc2n1CC1CCC(F)(F)CC1. The van der Waals surface area contributed by atoms with Crippen LogP contribution in [0.5, 0.6) is 0 Å². The Balaban J connectivity index is 1.40. The summed E-state index contributed by atoms with van der Waals surface area (Å²) in [6.07, 6.45) is 1.67. The molecule has 202 valence electrons. The molecule has 2 heterocycles. The molecule has 1 atom stereocenters. The summed E-state index contributed by atoms with van der Waals surface area (Å²) >= 11 is 0. The minimum Gasteiger partial charge on any atom is -0.366 e. The number of sulfonamides is 1. The van der Waals surface area contributed by atoms with Crippen LogP contribution in [0, 0.1) is 12.8 Å². The predicted molar refractivity (Wildman–Crippen MR) is 135 cm³/mol. The first-order chi connectivity index (χ1) is 17.3. The normalized spacial score (nSPS) is 23.8. The molecule has 1 saturated heterocycles. The Morgan fingerprint density at radius 1 is 1.24 bits per heavy atom. The number of rotatable bonds is 7. The number of ether oxygens (including phenoxy) is 1. The Labute approximate surface area is 216 Å². The Hall–Kier alpha value is -2.24. The Kier molecular flexibility index (Phi) is 6.77. The summed E-state index contributed by atoms with van der Waals surface area (Å²) in [4.78, 5) is 17.3. The van der Waals surface area contributed by atoms with Gasteiger partial charge in [-0.1, -0.05) is 0 Å². The molecular formula is C26H35F2N4O4S+. The van der Waals surface area contributed by atoms with Crippen molar-refractivity contribution in [2.75, 3.05) is 19.7 Å². The molecular weight excluding hydrogens is 502 g/mol. The second-order valence-electron chi connectivity index (χ2n) is 11.4. The zero-order chi connectivity index (χ0) is 26.6. The number of morpholine rings is 1. The quantitative estimate of drug-likeness (QED) is 0.545. The lowest BCUT2D eigenvalue weighted by atomic mass is 9.86. The Morgan fingerprint density at radius 3 is 2.59 bits per heavy atom. The fraction of sp³-hybridized carbons (Fsp3) is 0.654. The average Bonchev–Trinajstić information content (AvgIpc) is 3.58. The Morgan fingerprint density at radius 2 is 1.95 bits per heavy atom. The lowest BCUT2D eigenvalue weighted by Gasteiger charge is -2.31. The van der Waals surface area contributed by atoms with Crippen molar-refractivity contribution in [3.05, 3.63) is 30.9 Å². The standard InChI is InChI=1S/C26H34F2N4O4S/c1-25(2,3)24-30-20-14-19(6-7-21(20)32(24)15-17-8-10-26(27,28)11-9-17)37(34,35)31-12-13-36-22(16-31)23(33)29-18-4-5-18/h6-7,14,17-18,22H,1,4-5,8-13,15-16H2,2-3H3/p+1/t22-/m0/s1. The van der Waals surface area contributed by atoms with Crippen molar-refractivity contribution in [3.8, 4) is 0 Å². The molecule has 2 aliphatic carbocycles. The van der Waals surface area contributed by atoms with Crippen LogP contribution in [0.15, 0.2) is 23.1 Å². The zero-order valence-corrected chi connectivity index (χ0v) is 22.2. The fourth-order valence-corrected chi connectivity index (χ4v) is 6.63. The molecule has 5 rings (SSSR count). The first-order valence-corrected chi connectivity index (χ1v) is 14.4. The smallest absolute Gasteiger partial charge is 0.250 e. The van der Waals surface area contributed by atoms with E-state index in [1.54, 1.807) is 18.2 Å². The van der Waals surface area contributed by atoms with E-state index in [2.05, 4.69) is 12.2 Å². The van der Waals surface area contributed by atoms with Crippen LogP contribution in [0.2, 0.25) is 0 Å². The molecule has 2 aromatic rings. The maximum absolute atomic E-state index is 13.7. The van der Waals surface area contributed by atoms with Crippen LogP contribution in [0.4, 0.5) is 8.78 Å². The van der Waals surface area contributed by atoms with Crippen LogP contribution in [0.3, 0.4) is 0 Å². The highest BCUT2D eigenvalue weighted by Gasteiger charge is 2.38. The van der Waals surface area contributed by atoms with E-state index in [0.717, 1.165) is 18.4 Å². The van der Waals surface area contributed by atoms with Gasteiger partial charge in [-0.15, -0.1) is 0 Å². The van der Waals surface area contributed by atoms with E-state index in [9.17, 15) is 22.0 Å². The number of nitrogens with zero attached hydrogens (tertiary/aromatic N) is 3. The monoisotopic (exact) mass is 537 g/mol. The molecule has 0 spiro atoms. The third-order valence-corrected chi connectivity index (χ3v) is 9.35. The molecule has 11 heteroatoms. The molecule has 0 unspecified atom stereocenters. The van der Waals surface area contributed by atoms with Gasteiger partial charge in [0.1, 0.15) is 6.10 Å². The highest BCUT2D eigenvalue weighted by molar-refractivity contribution is 7.89. The van der Waals surface area contributed by atoms with Crippen molar-refractivity contribution in [2.45, 2.75) is 87.3 Å².